The number of halogens is 3. The highest BCUT2D eigenvalue weighted by Gasteiger charge is 2.33. The van der Waals surface area contributed by atoms with E-state index in [-0.39, 0.29) is 12.3 Å². The van der Waals surface area contributed by atoms with Crippen LogP contribution in [0.25, 0.3) is 11.1 Å². The summed E-state index contributed by atoms with van der Waals surface area (Å²) in [5.74, 6) is 0.347. The van der Waals surface area contributed by atoms with Crippen molar-refractivity contribution in [1.82, 2.24) is 9.88 Å². The van der Waals surface area contributed by atoms with Crippen molar-refractivity contribution < 1.29 is 32.2 Å². The van der Waals surface area contributed by atoms with Crippen LogP contribution in [0.15, 0.2) is 67.0 Å². The highest BCUT2D eigenvalue weighted by atomic mass is 19.4. The normalized spacial score (nSPS) is 16.1. The summed E-state index contributed by atoms with van der Waals surface area (Å²) in [7, 11) is 1.58. The number of rotatable bonds is 6. The predicted octanol–water partition coefficient (Wildman–Crippen LogP) is 5.35. The topological polar surface area (TPSA) is 60.9 Å². The van der Waals surface area contributed by atoms with Crippen molar-refractivity contribution in [2.75, 3.05) is 13.7 Å². The quantitative estimate of drug-likeness (QED) is 0.513. The van der Waals surface area contributed by atoms with Crippen molar-refractivity contribution >= 4 is 6.09 Å². The molecule has 1 amide bonds. The molecule has 1 aromatic heterocycles. The highest BCUT2D eigenvalue weighted by molar-refractivity contribution is 5.70. The van der Waals surface area contributed by atoms with Gasteiger partial charge < -0.3 is 14.2 Å². The van der Waals surface area contributed by atoms with Crippen LogP contribution in [-0.4, -0.2) is 36.0 Å². The van der Waals surface area contributed by atoms with Gasteiger partial charge in [-0.1, -0.05) is 36.4 Å². The van der Waals surface area contributed by atoms with Gasteiger partial charge in [0.05, 0.1) is 19.9 Å². The van der Waals surface area contributed by atoms with Crippen LogP contribution in [0.5, 0.6) is 11.5 Å². The molecule has 1 saturated heterocycles. The van der Waals surface area contributed by atoms with Gasteiger partial charge >= 0.3 is 12.5 Å². The number of pyridine rings is 1. The molecule has 0 spiro atoms. The molecule has 2 heterocycles. The van der Waals surface area contributed by atoms with Crippen LogP contribution < -0.4 is 9.47 Å². The van der Waals surface area contributed by atoms with Crippen LogP contribution in [0.3, 0.4) is 0 Å². The molecule has 166 valence electrons. The Hall–Kier alpha value is -3.75. The van der Waals surface area contributed by atoms with Gasteiger partial charge in [-0.2, -0.15) is 0 Å². The van der Waals surface area contributed by atoms with Crippen LogP contribution in [0.2, 0.25) is 0 Å². The number of methoxy groups -OCH3 is 1. The Morgan fingerprint density at radius 3 is 2.41 bits per heavy atom. The van der Waals surface area contributed by atoms with Crippen LogP contribution in [0.4, 0.5) is 18.0 Å². The standard InChI is InChI=1S/C23H19F3N2O4/c1-30-20-10-18(11-27-12-20)16-4-6-17(7-5-16)21-14-28(22(29)31-21)13-15-2-8-19(9-3-15)32-23(24,25)26/h2-12,21H,13-14H2,1H3. The summed E-state index contributed by atoms with van der Waals surface area (Å²) in [5.41, 5.74) is 3.36. The van der Waals surface area contributed by atoms with Crippen LogP contribution in [-0.2, 0) is 11.3 Å². The van der Waals surface area contributed by atoms with E-state index in [9.17, 15) is 18.0 Å². The van der Waals surface area contributed by atoms with E-state index in [1.165, 1.54) is 29.2 Å². The summed E-state index contributed by atoms with van der Waals surface area (Å²) >= 11 is 0. The van der Waals surface area contributed by atoms with Crippen molar-refractivity contribution in [3.05, 3.63) is 78.1 Å². The first-order valence-electron chi connectivity index (χ1n) is 9.70. The highest BCUT2D eigenvalue weighted by Crippen LogP contribution is 2.30. The molecule has 9 heteroatoms. The molecule has 3 aromatic rings. The van der Waals surface area contributed by atoms with E-state index in [1.807, 2.05) is 30.3 Å². The molecule has 1 unspecified atom stereocenters. The first-order chi connectivity index (χ1) is 15.3. The number of amides is 1. The lowest BCUT2D eigenvalue weighted by Crippen LogP contribution is -2.23. The number of ether oxygens (including phenoxy) is 3. The number of hydrogen-bond acceptors (Lipinski definition) is 5. The second-order valence-electron chi connectivity index (χ2n) is 7.18. The molecule has 0 radical (unpaired) electrons. The van der Waals surface area contributed by atoms with Gasteiger partial charge in [0.1, 0.15) is 17.6 Å². The van der Waals surface area contributed by atoms with Gasteiger partial charge in [-0.3, -0.25) is 9.88 Å². The molecule has 32 heavy (non-hydrogen) atoms. The maximum Gasteiger partial charge on any atom is 0.573 e. The fourth-order valence-electron chi connectivity index (χ4n) is 3.41. The third-order valence-corrected chi connectivity index (χ3v) is 4.98. The van der Waals surface area contributed by atoms with E-state index in [4.69, 9.17) is 9.47 Å². The predicted molar refractivity (Wildman–Crippen MR) is 109 cm³/mol. The average molecular weight is 444 g/mol. The van der Waals surface area contributed by atoms with Crippen LogP contribution in [0, 0.1) is 0 Å². The summed E-state index contributed by atoms with van der Waals surface area (Å²) in [6.45, 7) is 0.550. The first-order valence-corrected chi connectivity index (χ1v) is 9.70. The molecule has 1 aliphatic heterocycles. The van der Waals surface area contributed by atoms with Crippen LogP contribution in [0.1, 0.15) is 17.2 Å². The minimum absolute atomic E-state index is 0.217. The third-order valence-electron chi connectivity index (χ3n) is 4.98. The van der Waals surface area contributed by atoms with Crippen molar-refractivity contribution in [1.29, 1.82) is 0 Å². The number of benzene rings is 2. The number of alkyl halides is 3. The maximum atomic E-state index is 12.3. The monoisotopic (exact) mass is 444 g/mol. The molecule has 0 aliphatic carbocycles. The smallest absolute Gasteiger partial charge is 0.495 e. The van der Waals surface area contributed by atoms with Crippen molar-refractivity contribution in [2.24, 2.45) is 0 Å². The summed E-state index contributed by atoms with van der Waals surface area (Å²) < 4.78 is 51.4. The molecular weight excluding hydrogens is 425 g/mol. The Bertz CT molecular complexity index is 1090. The van der Waals surface area contributed by atoms with E-state index in [0.717, 1.165) is 16.7 Å². The minimum atomic E-state index is -4.74. The lowest BCUT2D eigenvalue weighted by Gasteiger charge is -2.14. The molecule has 6 nitrogen and oxygen atoms in total. The first kappa shape index (κ1) is 21.5. The molecule has 1 aliphatic rings. The van der Waals surface area contributed by atoms with Gasteiger partial charge in [0, 0.05) is 18.3 Å². The van der Waals surface area contributed by atoms with E-state index in [2.05, 4.69) is 9.72 Å². The third kappa shape index (κ3) is 5.11. The Morgan fingerprint density at radius 2 is 1.75 bits per heavy atom. The Morgan fingerprint density at radius 1 is 1.03 bits per heavy atom. The lowest BCUT2D eigenvalue weighted by molar-refractivity contribution is -0.274. The molecule has 1 atom stereocenters. The molecule has 1 fully saturated rings. The summed E-state index contributed by atoms with van der Waals surface area (Å²) in [6, 6.07) is 14.9. The Kier molecular flexibility index (Phi) is 5.89. The van der Waals surface area contributed by atoms with Crippen molar-refractivity contribution in [3.8, 4) is 22.6 Å². The molecule has 0 N–H and O–H groups in total. The maximum absolute atomic E-state index is 12.3. The molecule has 4 rings (SSSR count). The largest absolute Gasteiger partial charge is 0.573 e. The van der Waals surface area contributed by atoms with Gasteiger partial charge in [-0.15, -0.1) is 13.2 Å². The second-order valence-corrected chi connectivity index (χ2v) is 7.18. The van der Waals surface area contributed by atoms with Crippen LogP contribution >= 0.6 is 0 Å². The number of carbonyl (C=O) groups is 1. The fraction of sp³-hybridized carbons (Fsp3) is 0.217. The van der Waals surface area contributed by atoms with E-state index < -0.39 is 18.6 Å². The molecule has 0 bridgehead atoms. The van der Waals surface area contributed by atoms with Crippen molar-refractivity contribution in [2.45, 2.75) is 19.0 Å². The number of aromatic nitrogens is 1. The van der Waals surface area contributed by atoms with Gasteiger partial charge in [0.15, 0.2) is 0 Å². The summed E-state index contributed by atoms with van der Waals surface area (Å²) in [4.78, 5) is 17.9. The summed E-state index contributed by atoms with van der Waals surface area (Å²) in [5, 5.41) is 0. The van der Waals surface area contributed by atoms with E-state index in [0.29, 0.717) is 17.9 Å². The van der Waals surface area contributed by atoms with Crippen molar-refractivity contribution in [3.63, 3.8) is 0 Å². The minimum Gasteiger partial charge on any atom is -0.495 e. The molecular formula is C23H19F3N2O4. The number of carbonyl (C=O) groups excluding carboxylic acids is 1. The van der Waals surface area contributed by atoms with Gasteiger partial charge in [0.25, 0.3) is 0 Å². The van der Waals surface area contributed by atoms with E-state index >= 15 is 0 Å². The zero-order valence-electron chi connectivity index (χ0n) is 17.0. The Labute approximate surface area is 182 Å². The van der Waals surface area contributed by atoms with E-state index in [1.54, 1.807) is 19.5 Å². The fourth-order valence-corrected chi connectivity index (χ4v) is 3.41. The molecule has 2 aromatic carbocycles. The Balaban J connectivity index is 1.40. The van der Waals surface area contributed by atoms with Gasteiger partial charge in [0.2, 0.25) is 0 Å². The second kappa shape index (κ2) is 8.78. The molecule has 0 saturated carbocycles. The average Bonchev–Trinajstić information content (AvgIpc) is 3.14. The van der Waals surface area contributed by atoms with Gasteiger partial charge in [-0.25, -0.2) is 4.79 Å². The number of hydrogen-bond donors (Lipinski definition) is 0. The zero-order chi connectivity index (χ0) is 22.7. The number of cyclic esters (lactones) is 1. The zero-order valence-corrected chi connectivity index (χ0v) is 17.0. The number of nitrogens with zero attached hydrogens (tertiary/aromatic N) is 2. The SMILES string of the molecule is COc1cncc(-c2ccc(C3CN(Cc4ccc(OC(F)(F)F)cc4)C(=O)O3)cc2)c1. The summed E-state index contributed by atoms with van der Waals surface area (Å²) in [6.07, 6.45) is -2.30. The van der Waals surface area contributed by atoms with Gasteiger partial charge in [-0.05, 0) is 34.9 Å². The lowest BCUT2D eigenvalue weighted by atomic mass is 10.0.